The number of hydrogen-bond acceptors (Lipinski definition) is 6. The van der Waals surface area contributed by atoms with Gasteiger partial charge in [-0.1, -0.05) is 0 Å². The summed E-state index contributed by atoms with van der Waals surface area (Å²) in [4.78, 5) is 26.3. The number of amides is 2. The normalized spacial score (nSPS) is 27.0. The first kappa shape index (κ1) is 17.3. The van der Waals surface area contributed by atoms with E-state index < -0.39 is 0 Å². The van der Waals surface area contributed by atoms with E-state index in [0.717, 1.165) is 45.9 Å². The Labute approximate surface area is 142 Å². The van der Waals surface area contributed by atoms with Gasteiger partial charge < -0.3 is 14.8 Å². The van der Waals surface area contributed by atoms with Crippen molar-refractivity contribution in [3.8, 4) is 0 Å². The Bertz CT molecular complexity index is 498. The zero-order valence-electron chi connectivity index (χ0n) is 14.2. The topological polar surface area (TPSA) is 83.5 Å². The molecule has 0 radical (unpaired) electrons. The van der Waals surface area contributed by atoms with E-state index in [-0.39, 0.29) is 17.9 Å². The van der Waals surface area contributed by atoms with Crippen LogP contribution in [-0.2, 0) is 19.1 Å². The minimum atomic E-state index is -0.175. The number of carbonyl (C=O) groups is 2. The molecular formula is C16H26N4O4. The van der Waals surface area contributed by atoms with E-state index in [0.29, 0.717) is 31.0 Å². The van der Waals surface area contributed by atoms with E-state index in [1.807, 2.05) is 0 Å². The van der Waals surface area contributed by atoms with Gasteiger partial charge in [0.1, 0.15) is 5.71 Å². The van der Waals surface area contributed by atoms with Gasteiger partial charge in [0, 0.05) is 58.1 Å². The highest BCUT2D eigenvalue weighted by molar-refractivity contribution is 6.39. The van der Waals surface area contributed by atoms with Gasteiger partial charge in [0.25, 0.3) is 5.91 Å². The molecule has 0 aromatic rings. The van der Waals surface area contributed by atoms with Crippen molar-refractivity contribution in [2.24, 2.45) is 11.0 Å². The smallest absolute Gasteiger partial charge is 0.267 e. The molecule has 2 saturated heterocycles. The number of ether oxygens (including phenoxy) is 2. The van der Waals surface area contributed by atoms with E-state index in [9.17, 15) is 9.59 Å². The molecular weight excluding hydrogens is 312 g/mol. The second kappa shape index (κ2) is 8.04. The third kappa shape index (κ3) is 4.12. The minimum absolute atomic E-state index is 0.0548. The highest BCUT2D eigenvalue weighted by Crippen LogP contribution is 2.22. The summed E-state index contributed by atoms with van der Waals surface area (Å²) in [5.41, 5.74) is 0.431. The van der Waals surface area contributed by atoms with Gasteiger partial charge in [-0.3, -0.25) is 14.5 Å². The van der Waals surface area contributed by atoms with E-state index in [1.165, 1.54) is 5.01 Å². The van der Waals surface area contributed by atoms with Crippen LogP contribution < -0.4 is 5.32 Å². The van der Waals surface area contributed by atoms with Crippen LogP contribution in [0.25, 0.3) is 0 Å². The molecule has 0 aromatic carbocycles. The minimum Gasteiger partial charge on any atom is -0.381 e. The lowest BCUT2D eigenvalue weighted by Crippen LogP contribution is -2.53. The molecule has 0 bridgehead atoms. The summed E-state index contributed by atoms with van der Waals surface area (Å²) < 4.78 is 11.0. The first-order chi connectivity index (χ1) is 11.6. The maximum atomic E-state index is 12.4. The Balaban J connectivity index is 1.59. The lowest BCUT2D eigenvalue weighted by molar-refractivity contribution is -0.130. The molecule has 0 spiro atoms. The molecule has 8 nitrogen and oxygen atoms in total. The molecule has 3 aliphatic rings. The van der Waals surface area contributed by atoms with Crippen molar-refractivity contribution >= 4 is 17.5 Å². The van der Waals surface area contributed by atoms with Gasteiger partial charge in [-0.25, -0.2) is 5.01 Å². The summed E-state index contributed by atoms with van der Waals surface area (Å²) in [5.74, 6) is 0.202. The average molecular weight is 338 g/mol. The van der Waals surface area contributed by atoms with Crippen molar-refractivity contribution in [1.82, 2.24) is 15.2 Å². The molecule has 3 heterocycles. The number of hydrazone groups is 1. The number of carbonyl (C=O) groups excluding carboxylic acids is 2. The molecule has 0 saturated carbocycles. The molecule has 3 rings (SSSR count). The van der Waals surface area contributed by atoms with Crippen molar-refractivity contribution in [3.63, 3.8) is 0 Å². The van der Waals surface area contributed by atoms with E-state index in [4.69, 9.17) is 9.47 Å². The quantitative estimate of drug-likeness (QED) is 0.727. The molecule has 24 heavy (non-hydrogen) atoms. The molecule has 2 unspecified atom stereocenters. The first-order valence-electron chi connectivity index (χ1n) is 8.67. The molecule has 2 fully saturated rings. The molecule has 8 heteroatoms. The highest BCUT2D eigenvalue weighted by atomic mass is 16.5. The molecule has 3 aliphatic heterocycles. The van der Waals surface area contributed by atoms with Crippen LogP contribution in [0.15, 0.2) is 5.10 Å². The maximum Gasteiger partial charge on any atom is 0.267 e. The number of hydrogen-bond donors (Lipinski definition) is 1. The van der Waals surface area contributed by atoms with Crippen LogP contribution in [0.2, 0.25) is 0 Å². The molecule has 2 atom stereocenters. The fraction of sp³-hybridized carbons (Fsp3) is 0.812. The monoisotopic (exact) mass is 338 g/mol. The predicted octanol–water partition coefficient (Wildman–Crippen LogP) is -0.552. The lowest BCUT2D eigenvalue weighted by Gasteiger charge is -2.37. The SMILES string of the molecule is CN1N=C(C(=O)NCC(C2CCOC2)N2CCOCC2)CCC1=O. The van der Waals surface area contributed by atoms with Crippen molar-refractivity contribution < 1.29 is 19.1 Å². The number of rotatable bonds is 5. The fourth-order valence-corrected chi connectivity index (χ4v) is 3.49. The van der Waals surface area contributed by atoms with Gasteiger partial charge in [0.15, 0.2) is 0 Å². The second-order valence-electron chi connectivity index (χ2n) is 6.51. The van der Waals surface area contributed by atoms with E-state index >= 15 is 0 Å². The maximum absolute atomic E-state index is 12.4. The Hall–Kier alpha value is -1.51. The van der Waals surface area contributed by atoms with Gasteiger partial charge >= 0.3 is 0 Å². The third-order valence-electron chi connectivity index (χ3n) is 4.96. The summed E-state index contributed by atoms with van der Waals surface area (Å²) in [7, 11) is 1.58. The van der Waals surface area contributed by atoms with Crippen molar-refractivity contribution in [1.29, 1.82) is 0 Å². The molecule has 1 N–H and O–H groups in total. The van der Waals surface area contributed by atoms with Crippen molar-refractivity contribution in [3.05, 3.63) is 0 Å². The van der Waals surface area contributed by atoms with Gasteiger partial charge in [0.05, 0.1) is 19.8 Å². The van der Waals surface area contributed by atoms with Gasteiger partial charge in [-0.2, -0.15) is 5.10 Å². The number of nitrogens with one attached hydrogen (secondary N) is 1. The van der Waals surface area contributed by atoms with Gasteiger partial charge in [-0.15, -0.1) is 0 Å². The molecule has 0 aromatic heterocycles. The zero-order valence-corrected chi connectivity index (χ0v) is 14.2. The molecule has 2 amide bonds. The third-order valence-corrected chi connectivity index (χ3v) is 4.96. The average Bonchev–Trinajstić information content (AvgIpc) is 3.12. The number of nitrogens with zero attached hydrogens (tertiary/aromatic N) is 3. The van der Waals surface area contributed by atoms with E-state index in [2.05, 4.69) is 15.3 Å². The van der Waals surface area contributed by atoms with Crippen LogP contribution >= 0.6 is 0 Å². The Morgan fingerprint density at radius 2 is 2.08 bits per heavy atom. The Morgan fingerprint density at radius 3 is 2.75 bits per heavy atom. The fourth-order valence-electron chi connectivity index (χ4n) is 3.49. The Morgan fingerprint density at radius 1 is 1.29 bits per heavy atom. The summed E-state index contributed by atoms with van der Waals surface area (Å²) in [6.45, 7) is 5.35. The summed E-state index contributed by atoms with van der Waals surface area (Å²) in [6, 6.07) is 0.254. The van der Waals surface area contributed by atoms with Crippen molar-refractivity contribution in [2.75, 3.05) is 53.1 Å². The van der Waals surface area contributed by atoms with Gasteiger partial charge in [-0.05, 0) is 6.42 Å². The number of morpholine rings is 1. The largest absolute Gasteiger partial charge is 0.381 e. The van der Waals surface area contributed by atoms with Crippen LogP contribution in [0.3, 0.4) is 0 Å². The second-order valence-corrected chi connectivity index (χ2v) is 6.51. The summed E-state index contributed by atoms with van der Waals surface area (Å²) >= 11 is 0. The molecule has 0 aliphatic carbocycles. The highest BCUT2D eigenvalue weighted by Gasteiger charge is 2.32. The molecule has 134 valence electrons. The van der Waals surface area contributed by atoms with Gasteiger partial charge in [0.2, 0.25) is 5.91 Å². The summed E-state index contributed by atoms with van der Waals surface area (Å²) in [5, 5.41) is 8.35. The van der Waals surface area contributed by atoms with Crippen LogP contribution in [-0.4, -0.2) is 86.6 Å². The van der Waals surface area contributed by atoms with Crippen LogP contribution in [0.4, 0.5) is 0 Å². The first-order valence-corrected chi connectivity index (χ1v) is 8.67. The van der Waals surface area contributed by atoms with Crippen LogP contribution in [0, 0.1) is 5.92 Å². The predicted molar refractivity (Wildman–Crippen MR) is 87.6 cm³/mol. The summed E-state index contributed by atoms with van der Waals surface area (Å²) in [6.07, 6.45) is 1.77. The lowest BCUT2D eigenvalue weighted by atomic mass is 9.96. The zero-order chi connectivity index (χ0) is 16.9. The van der Waals surface area contributed by atoms with Crippen LogP contribution in [0.5, 0.6) is 0 Å². The van der Waals surface area contributed by atoms with E-state index in [1.54, 1.807) is 7.05 Å². The van der Waals surface area contributed by atoms with Crippen LogP contribution in [0.1, 0.15) is 19.3 Å². The van der Waals surface area contributed by atoms with Crippen molar-refractivity contribution in [2.45, 2.75) is 25.3 Å². The standard InChI is InChI=1S/C16H26N4O4/c1-19-15(21)3-2-13(18-19)16(22)17-10-14(12-4-7-24-11-12)20-5-8-23-9-6-20/h12,14H,2-11H2,1H3,(H,17,22). The Kier molecular flexibility index (Phi) is 5.80.